The molecule has 0 aliphatic carbocycles. The predicted octanol–water partition coefficient (Wildman–Crippen LogP) is -2.69. The van der Waals surface area contributed by atoms with Crippen molar-refractivity contribution in [3.8, 4) is 0 Å². The molecule has 7 nitrogen and oxygen atoms in total. The minimum atomic E-state index is -1.37. The normalized spacial score (nSPS) is 14.3. The maximum atomic E-state index is 11.2. The molecule has 0 aromatic carbocycles. The van der Waals surface area contributed by atoms with Gasteiger partial charge in [-0.2, -0.15) is 0 Å². The SMILES string of the molecule is COC(CN)CC(=O)NCC(O)C(N)=O. The number of carbonyl (C=O) groups is 2. The van der Waals surface area contributed by atoms with Gasteiger partial charge in [0.2, 0.25) is 11.8 Å². The summed E-state index contributed by atoms with van der Waals surface area (Å²) in [5.41, 5.74) is 10.1. The fraction of sp³-hybridized carbons (Fsp3) is 0.750. The van der Waals surface area contributed by atoms with Gasteiger partial charge in [-0.15, -0.1) is 0 Å². The van der Waals surface area contributed by atoms with Gasteiger partial charge in [0.25, 0.3) is 0 Å². The summed E-state index contributed by atoms with van der Waals surface area (Å²) in [6, 6.07) is 0. The number of aliphatic hydroxyl groups excluding tert-OH is 1. The van der Waals surface area contributed by atoms with Crippen LogP contribution in [0.15, 0.2) is 0 Å². The predicted molar refractivity (Wildman–Crippen MR) is 52.7 cm³/mol. The molecule has 0 bridgehead atoms. The number of ether oxygens (including phenoxy) is 1. The van der Waals surface area contributed by atoms with Gasteiger partial charge in [0, 0.05) is 13.7 Å². The molecule has 2 unspecified atom stereocenters. The molecule has 0 spiro atoms. The van der Waals surface area contributed by atoms with Gasteiger partial charge in [0.1, 0.15) is 6.10 Å². The molecule has 15 heavy (non-hydrogen) atoms. The third-order valence-corrected chi connectivity index (χ3v) is 1.83. The number of methoxy groups -OCH3 is 1. The minimum absolute atomic E-state index is 0.0818. The van der Waals surface area contributed by atoms with Gasteiger partial charge >= 0.3 is 0 Å². The third-order valence-electron chi connectivity index (χ3n) is 1.83. The maximum absolute atomic E-state index is 11.2. The maximum Gasteiger partial charge on any atom is 0.248 e. The van der Waals surface area contributed by atoms with E-state index in [1.807, 2.05) is 0 Å². The lowest BCUT2D eigenvalue weighted by Crippen LogP contribution is -2.41. The number of nitrogens with two attached hydrogens (primary N) is 2. The van der Waals surface area contributed by atoms with Gasteiger partial charge in [-0.3, -0.25) is 9.59 Å². The second-order valence-corrected chi connectivity index (χ2v) is 3.02. The molecular formula is C8H17N3O4. The van der Waals surface area contributed by atoms with Gasteiger partial charge < -0.3 is 26.6 Å². The summed E-state index contributed by atoms with van der Waals surface area (Å²) < 4.78 is 4.88. The Bertz CT molecular complexity index is 218. The highest BCUT2D eigenvalue weighted by Crippen LogP contribution is 1.94. The van der Waals surface area contributed by atoms with Crippen LogP contribution in [0.3, 0.4) is 0 Å². The molecule has 0 fully saturated rings. The summed E-state index contributed by atoms with van der Waals surface area (Å²) in [6.07, 6.45) is -1.65. The third kappa shape index (κ3) is 6.00. The molecule has 0 saturated heterocycles. The van der Waals surface area contributed by atoms with Gasteiger partial charge in [-0.25, -0.2) is 0 Å². The Morgan fingerprint density at radius 3 is 2.53 bits per heavy atom. The topological polar surface area (TPSA) is 128 Å². The van der Waals surface area contributed by atoms with Crippen molar-refractivity contribution in [2.75, 3.05) is 20.2 Å². The molecule has 0 aliphatic heterocycles. The Morgan fingerprint density at radius 2 is 2.13 bits per heavy atom. The molecule has 0 aromatic rings. The van der Waals surface area contributed by atoms with E-state index in [0.29, 0.717) is 0 Å². The van der Waals surface area contributed by atoms with Crippen molar-refractivity contribution in [3.05, 3.63) is 0 Å². The van der Waals surface area contributed by atoms with E-state index in [1.165, 1.54) is 7.11 Å². The second-order valence-electron chi connectivity index (χ2n) is 3.02. The van der Waals surface area contributed by atoms with Crippen molar-refractivity contribution in [2.45, 2.75) is 18.6 Å². The van der Waals surface area contributed by atoms with Crippen LogP contribution in [0.2, 0.25) is 0 Å². The fourth-order valence-corrected chi connectivity index (χ4v) is 0.853. The molecule has 88 valence electrons. The molecule has 6 N–H and O–H groups in total. The van der Waals surface area contributed by atoms with Crippen LogP contribution in [0, 0.1) is 0 Å². The molecule has 0 heterocycles. The summed E-state index contributed by atoms with van der Waals surface area (Å²) in [6.45, 7) is 0.0253. The highest BCUT2D eigenvalue weighted by Gasteiger charge is 2.14. The number of amides is 2. The van der Waals surface area contributed by atoms with Gasteiger partial charge in [-0.1, -0.05) is 0 Å². The zero-order valence-corrected chi connectivity index (χ0v) is 8.60. The second kappa shape index (κ2) is 7.16. The number of carbonyl (C=O) groups excluding carboxylic acids is 2. The highest BCUT2D eigenvalue weighted by atomic mass is 16.5. The highest BCUT2D eigenvalue weighted by molar-refractivity contribution is 5.81. The first-order valence-corrected chi connectivity index (χ1v) is 4.48. The lowest BCUT2D eigenvalue weighted by Gasteiger charge is -2.13. The fourth-order valence-electron chi connectivity index (χ4n) is 0.853. The molecule has 0 aromatic heterocycles. The van der Waals surface area contributed by atoms with Crippen LogP contribution >= 0.6 is 0 Å². The molecule has 0 radical (unpaired) electrons. The number of hydrogen-bond donors (Lipinski definition) is 4. The summed E-state index contributed by atoms with van der Waals surface area (Å²) in [5.74, 6) is -1.23. The van der Waals surface area contributed by atoms with Crippen LogP contribution in [0.1, 0.15) is 6.42 Å². The van der Waals surface area contributed by atoms with Crippen molar-refractivity contribution >= 4 is 11.8 Å². The van der Waals surface area contributed by atoms with Crippen LogP contribution in [0.25, 0.3) is 0 Å². The van der Waals surface area contributed by atoms with Crippen LogP contribution in [-0.4, -0.2) is 49.3 Å². The van der Waals surface area contributed by atoms with Crippen molar-refractivity contribution < 1.29 is 19.4 Å². The van der Waals surface area contributed by atoms with E-state index in [9.17, 15) is 9.59 Å². The quantitative estimate of drug-likeness (QED) is 0.371. The molecule has 7 heteroatoms. The van der Waals surface area contributed by atoms with E-state index in [4.69, 9.17) is 21.3 Å². The van der Waals surface area contributed by atoms with E-state index < -0.39 is 12.0 Å². The molecule has 0 rings (SSSR count). The van der Waals surface area contributed by atoms with Crippen LogP contribution in [0.4, 0.5) is 0 Å². The van der Waals surface area contributed by atoms with Crippen molar-refractivity contribution in [1.29, 1.82) is 0 Å². The Labute approximate surface area is 87.8 Å². The standard InChI is InChI=1S/C8H17N3O4/c1-15-5(3-9)2-7(13)11-4-6(12)8(10)14/h5-6,12H,2-4,9H2,1H3,(H2,10,14)(H,11,13). The Kier molecular flexibility index (Phi) is 6.59. The van der Waals surface area contributed by atoms with Crippen molar-refractivity contribution in [1.82, 2.24) is 5.32 Å². The van der Waals surface area contributed by atoms with E-state index >= 15 is 0 Å². The Hall–Kier alpha value is -1.18. The lowest BCUT2D eigenvalue weighted by molar-refractivity contribution is -0.127. The number of aliphatic hydroxyl groups is 1. The zero-order chi connectivity index (χ0) is 11.8. The van der Waals surface area contributed by atoms with Gasteiger partial charge in [-0.05, 0) is 0 Å². The molecule has 0 saturated carbocycles. The minimum Gasteiger partial charge on any atom is -0.381 e. The number of nitrogens with one attached hydrogen (secondary N) is 1. The van der Waals surface area contributed by atoms with Crippen LogP contribution in [-0.2, 0) is 14.3 Å². The number of primary amides is 1. The average molecular weight is 219 g/mol. The smallest absolute Gasteiger partial charge is 0.248 e. The molecule has 2 atom stereocenters. The molecule has 2 amide bonds. The zero-order valence-electron chi connectivity index (χ0n) is 8.60. The lowest BCUT2D eigenvalue weighted by atomic mass is 10.2. The van der Waals surface area contributed by atoms with E-state index in [2.05, 4.69) is 5.32 Å². The van der Waals surface area contributed by atoms with E-state index in [-0.39, 0.29) is 31.5 Å². The summed E-state index contributed by atoms with van der Waals surface area (Å²) in [4.78, 5) is 21.6. The van der Waals surface area contributed by atoms with Crippen LogP contribution < -0.4 is 16.8 Å². The number of hydrogen-bond acceptors (Lipinski definition) is 5. The van der Waals surface area contributed by atoms with E-state index in [1.54, 1.807) is 0 Å². The average Bonchev–Trinajstić information content (AvgIpc) is 2.22. The first-order valence-electron chi connectivity index (χ1n) is 4.48. The van der Waals surface area contributed by atoms with Crippen LogP contribution in [0.5, 0.6) is 0 Å². The van der Waals surface area contributed by atoms with Crippen molar-refractivity contribution in [2.24, 2.45) is 11.5 Å². The summed E-state index contributed by atoms with van der Waals surface area (Å²) >= 11 is 0. The monoisotopic (exact) mass is 219 g/mol. The van der Waals surface area contributed by atoms with Gasteiger partial charge in [0.15, 0.2) is 0 Å². The first kappa shape index (κ1) is 13.8. The van der Waals surface area contributed by atoms with Crippen molar-refractivity contribution in [3.63, 3.8) is 0 Å². The number of rotatable bonds is 7. The molecular weight excluding hydrogens is 202 g/mol. The summed E-state index contributed by atoms with van der Waals surface area (Å²) in [7, 11) is 1.45. The van der Waals surface area contributed by atoms with E-state index in [0.717, 1.165) is 0 Å². The van der Waals surface area contributed by atoms with Gasteiger partial charge in [0.05, 0.1) is 19.1 Å². The first-order chi connectivity index (χ1) is 7.01. The Morgan fingerprint density at radius 1 is 1.53 bits per heavy atom. The molecule has 0 aliphatic rings. The Balaban J connectivity index is 3.79. The largest absolute Gasteiger partial charge is 0.381 e. The summed E-state index contributed by atoms with van der Waals surface area (Å²) in [5, 5.41) is 11.3.